The van der Waals surface area contributed by atoms with Gasteiger partial charge in [-0.3, -0.25) is 9.69 Å². The first kappa shape index (κ1) is 14.5. The van der Waals surface area contributed by atoms with E-state index in [-0.39, 0.29) is 24.0 Å². The number of piperidine rings is 1. The van der Waals surface area contributed by atoms with Crippen LogP contribution in [0.15, 0.2) is 0 Å². The van der Waals surface area contributed by atoms with Crippen LogP contribution in [0.1, 0.15) is 40.5 Å². The van der Waals surface area contributed by atoms with Crippen LogP contribution in [-0.4, -0.2) is 42.0 Å². The molecule has 0 radical (unpaired) electrons. The average Bonchev–Trinajstić information content (AvgIpc) is 2.31. The molecule has 0 aromatic carbocycles. The van der Waals surface area contributed by atoms with Crippen molar-refractivity contribution in [2.45, 2.75) is 58.7 Å². The number of likely N-dealkylation sites (tertiary alicyclic amines) is 1. The second-order valence-electron chi connectivity index (χ2n) is 5.42. The fourth-order valence-electron chi connectivity index (χ4n) is 2.18. The van der Waals surface area contributed by atoms with Gasteiger partial charge in [0.2, 0.25) is 5.91 Å². The normalized spacial score (nSPS) is 29.7. The first-order valence-corrected chi connectivity index (χ1v) is 6.75. The molecular weight excluding hydrogens is 214 g/mol. The third-order valence-corrected chi connectivity index (χ3v) is 3.93. The van der Waals surface area contributed by atoms with Gasteiger partial charge in [0.1, 0.15) is 0 Å². The highest BCUT2D eigenvalue weighted by atomic mass is 16.2. The van der Waals surface area contributed by atoms with Crippen molar-refractivity contribution >= 4 is 5.91 Å². The van der Waals surface area contributed by atoms with Gasteiger partial charge < -0.3 is 11.1 Å². The molecule has 1 aliphatic rings. The van der Waals surface area contributed by atoms with E-state index in [1.807, 2.05) is 13.8 Å². The van der Waals surface area contributed by atoms with Crippen LogP contribution in [-0.2, 0) is 4.79 Å². The minimum Gasteiger partial charge on any atom is -0.352 e. The Morgan fingerprint density at radius 3 is 2.71 bits per heavy atom. The molecule has 1 heterocycles. The molecular formula is C13H27N3O. The van der Waals surface area contributed by atoms with Crippen LogP contribution in [0, 0.1) is 5.92 Å². The van der Waals surface area contributed by atoms with E-state index in [9.17, 15) is 4.79 Å². The molecule has 0 aliphatic carbocycles. The van der Waals surface area contributed by atoms with Crippen molar-refractivity contribution in [2.75, 3.05) is 13.1 Å². The number of carbonyl (C=O) groups excluding carboxylic acids is 1. The summed E-state index contributed by atoms with van der Waals surface area (Å²) in [6, 6.07) is 0.504. The predicted octanol–water partition coefficient (Wildman–Crippen LogP) is 0.959. The van der Waals surface area contributed by atoms with E-state index in [4.69, 9.17) is 5.73 Å². The van der Waals surface area contributed by atoms with Crippen molar-refractivity contribution in [3.63, 3.8) is 0 Å². The zero-order valence-corrected chi connectivity index (χ0v) is 11.6. The van der Waals surface area contributed by atoms with Crippen molar-refractivity contribution in [1.82, 2.24) is 10.2 Å². The molecule has 0 spiro atoms. The highest BCUT2D eigenvalue weighted by molar-refractivity contribution is 5.81. The smallest absolute Gasteiger partial charge is 0.237 e. The Kier molecular flexibility index (Phi) is 5.40. The van der Waals surface area contributed by atoms with Gasteiger partial charge in [0.05, 0.1) is 6.04 Å². The van der Waals surface area contributed by atoms with Crippen LogP contribution in [0.3, 0.4) is 0 Å². The molecule has 100 valence electrons. The fourth-order valence-corrected chi connectivity index (χ4v) is 2.18. The zero-order valence-electron chi connectivity index (χ0n) is 11.6. The average molecular weight is 241 g/mol. The zero-order chi connectivity index (χ0) is 13.0. The first-order valence-electron chi connectivity index (χ1n) is 6.75. The summed E-state index contributed by atoms with van der Waals surface area (Å²) in [6.07, 6.45) is 1.96. The number of nitrogens with zero attached hydrogens (tertiary/aromatic N) is 1. The topological polar surface area (TPSA) is 58.4 Å². The van der Waals surface area contributed by atoms with E-state index in [2.05, 4.69) is 24.1 Å². The van der Waals surface area contributed by atoms with Gasteiger partial charge in [-0.25, -0.2) is 0 Å². The second kappa shape index (κ2) is 6.36. The van der Waals surface area contributed by atoms with Gasteiger partial charge in [0, 0.05) is 25.2 Å². The van der Waals surface area contributed by atoms with E-state index >= 15 is 0 Å². The molecule has 17 heavy (non-hydrogen) atoms. The predicted molar refractivity (Wildman–Crippen MR) is 70.7 cm³/mol. The van der Waals surface area contributed by atoms with Crippen LogP contribution in [0.2, 0.25) is 0 Å². The van der Waals surface area contributed by atoms with E-state index in [1.54, 1.807) is 0 Å². The molecule has 0 aromatic rings. The molecule has 3 N–H and O–H groups in total. The highest BCUT2D eigenvalue weighted by Crippen LogP contribution is 2.17. The molecule has 4 atom stereocenters. The molecule has 4 heteroatoms. The number of carbonyl (C=O) groups is 1. The van der Waals surface area contributed by atoms with E-state index in [0.717, 1.165) is 25.9 Å². The molecule has 1 amide bonds. The molecule has 1 rings (SSSR count). The minimum absolute atomic E-state index is 0.0426. The quantitative estimate of drug-likeness (QED) is 0.771. The van der Waals surface area contributed by atoms with Gasteiger partial charge in [0.25, 0.3) is 0 Å². The van der Waals surface area contributed by atoms with E-state index < -0.39 is 0 Å². The lowest BCUT2D eigenvalue weighted by atomic mass is 9.94. The second-order valence-corrected chi connectivity index (χ2v) is 5.42. The van der Waals surface area contributed by atoms with Crippen molar-refractivity contribution in [3.8, 4) is 0 Å². The SMILES string of the molecule is CCC(C)NC(=O)C(C)N1CCC(N)C(C)C1. The maximum atomic E-state index is 12.0. The summed E-state index contributed by atoms with van der Waals surface area (Å²) in [7, 11) is 0. The number of nitrogens with one attached hydrogen (secondary N) is 1. The fraction of sp³-hybridized carbons (Fsp3) is 0.923. The van der Waals surface area contributed by atoms with Gasteiger partial charge in [0.15, 0.2) is 0 Å². The number of rotatable bonds is 4. The van der Waals surface area contributed by atoms with Crippen LogP contribution in [0.4, 0.5) is 0 Å². The van der Waals surface area contributed by atoms with Crippen molar-refractivity contribution < 1.29 is 4.79 Å². The van der Waals surface area contributed by atoms with Gasteiger partial charge >= 0.3 is 0 Å². The Bertz CT molecular complexity index is 257. The molecule has 0 aromatic heterocycles. The molecule has 0 bridgehead atoms. The maximum absolute atomic E-state index is 12.0. The number of nitrogens with two attached hydrogens (primary N) is 1. The molecule has 4 unspecified atom stereocenters. The largest absolute Gasteiger partial charge is 0.352 e. The van der Waals surface area contributed by atoms with E-state index in [0.29, 0.717) is 5.92 Å². The third-order valence-electron chi connectivity index (χ3n) is 3.93. The Morgan fingerprint density at radius 1 is 1.53 bits per heavy atom. The van der Waals surface area contributed by atoms with Crippen LogP contribution < -0.4 is 11.1 Å². The van der Waals surface area contributed by atoms with Gasteiger partial charge in [-0.2, -0.15) is 0 Å². The summed E-state index contributed by atoms with van der Waals surface area (Å²) in [5, 5.41) is 3.04. The maximum Gasteiger partial charge on any atom is 0.237 e. The van der Waals surface area contributed by atoms with Gasteiger partial charge in [-0.05, 0) is 32.6 Å². The Hall–Kier alpha value is -0.610. The Balaban J connectivity index is 2.46. The van der Waals surface area contributed by atoms with Crippen LogP contribution in [0.25, 0.3) is 0 Å². The number of hydrogen-bond acceptors (Lipinski definition) is 3. The molecule has 1 saturated heterocycles. The Morgan fingerprint density at radius 2 is 2.18 bits per heavy atom. The van der Waals surface area contributed by atoms with Crippen LogP contribution >= 0.6 is 0 Å². The van der Waals surface area contributed by atoms with E-state index in [1.165, 1.54) is 0 Å². The molecule has 0 saturated carbocycles. The number of amides is 1. The molecule has 4 nitrogen and oxygen atoms in total. The standard InChI is InChI=1S/C13H27N3O/c1-5-10(3)15-13(17)11(4)16-7-6-12(14)9(2)8-16/h9-12H,5-8,14H2,1-4H3,(H,15,17). The van der Waals surface area contributed by atoms with Crippen LogP contribution in [0.5, 0.6) is 0 Å². The minimum atomic E-state index is -0.0426. The summed E-state index contributed by atoms with van der Waals surface area (Å²) in [6.45, 7) is 10.1. The summed E-state index contributed by atoms with van der Waals surface area (Å²) in [5.41, 5.74) is 5.99. The van der Waals surface area contributed by atoms with Gasteiger partial charge in [-0.1, -0.05) is 13.8 Å². The lowest BCUT2D eigenvalue weighted by Crippen LogP contribution is -2.54. The summed E-state index contributed by atoms with van der Waals surface area (Å²) < 4.78 is 0. The highest BCUT2D eigenvalue weighted by Gasteiger charge is 2.29. The summed E-state index contributed by atoms with van der Waals surface area (Å²) in [4.78, 5) is 14.3. The Labute approximate surface area is 105 Å². The molecule has 1 aliphatic heterocycles. The lowest BCUT2D eigenvalue weighted by molar-refractivity contribution is -0.127. The van der Waals surface area contributed by atoms with Crippen molar-refractivity contribution in [1.29, 1.82) is 0 Å². The first-order chi connectivity index (χ1) is 7.95. The summed E-state index contributed by atoms with van der Waals surface area (Å²) in [5.74, 6) is 0.615. The van der Waals surface area contributed by atoms with Crippen molar-refractivity contribution in [2.24, 2.45) is 11.7 Å². The van der Waals surface area contributed by atoms with Crippen molar-refractivity contribution in [3.05, 3.63) is 0 Å². The number of hydrogen-bond donors (Lipinski definition) is 2. The van der Waals surface area contributed by atoms with Gasteiger partial charge in [-0.15, -0.1) is 0 Å². The summed E-state index contributed by atoms with van der Waals surface area (Å²) >= 11 is 0. The third kappa shape index (κ3) is 3.96. The lowest BCUT2D eigenvalue weighted by Gasteiger charge is -2.38. The monoisotopic (exact) mass is 241 g/mol. The molecule has 1 fully saturated rings.